The quantitative estimate of drug-likeness (QED) is 0.739. The van der Waals surface area contributed by atoms with E-state index in [1.807, 2.05) is 59.1 Å². The van der Waals surface area contributed by atoms with E-state index < -0.39 is 0 Å². The van der Waals surface area contributed by atoms with Gasteiger partial charge in [0.1, 0.15) is 5.69 Å². The molecule has 3 aromatic rings. The van der Waals surface area contributed by atoms with Crippen LogP contribution in [0.25, 0.3) is 10.9 Å². The molecule has 0 saturated carbocycles. The summed E-state index contributed by atoms with van der Waals surface area (Å²) >= 11 is 0. The molecule has 3 heterocycles. The van der Waals surface area contributed by atoms with Crippen LogP contribution in [0.3, 0.4) is 0 Å². The maximum absolute atomic E-state index is 12.9. The lowest BCUT2D eigenvalue weighted by Crippen LogP contribution is -2.53. The summed E-state index contributed by atoms with van der Waals surface area (Å²) in [6, 6.07) is 11.3. The largest absolute Gasteiger partial charge is 0.348 e. The Morgan fingerprint density at radius 1 is 1.25 bits per heavy atom. The zero-order valence-electron chi connectivity index (χ0n) is 16.4. The van der Waals surface area contributed by atoms with Crippen molar-refractivity contribution in [2.45, 2.75) is 26.4 Å². The fourth-order valence-corrected chi connectivity index (χ4v) is 3.88. The maximum Gasteiger partial charge on any atom is 0.272 e. The lowest BCUT2D eigenvalue weighted by atomic mass is 10.1. The van der Waals surface area contributed by atoms with E-state index in [2.05, 4.69) is 24.3 Å². The highest BCUT2D eigenvalue weighted by molar-refractivity contribution is 6.04. The van der Waals surface area contributed by atoms with Crippen molar-refractivity contribution in [2.75, 3.05) is 13.1 Å². The summed E-state index contributed by atoms with van der Waals surface area (Å²) in [4.78, 5) is 27.6. The first-order chi connectivity index (χ1) is 13.5. The molecule has 7 nitrogen and oxygen atoms in total. The molecule has 0 spiro atoms. The predicted octanol–water partition coefficient (Wildman–Crippen LogP) is 2.29. The third kappa shape index (κ3) is 3.17. The molecule has 4 rings (SSSR count). The summed E-state index contributed by atoms with van der Waals surface area (Å²) in [5.74, 6) is 0.155. The first-order valence-electron chi connectivity index (χ1n) is 9.61. The van der Waals surface area contributed by atoms with Crippen LogP contribution in [-0.2, 0) is 13.6 Å². The Balaban J connectivity index is 1.54. The Labute approximate surface area is 163 Å². The molecule has 28 heavy (non-hydrogen) atoms. The van der Waals surface area contributed by atoms with E-state index in [4.69, 9.17) is 0 Å². The van der Waals surface area contributed by atoms with Crippen LogP contribution in [-0.4, -0.2) is 50.2 Å². The highest BCUT2D eigenvalue weighted by atomic mass is 16.2. The minimum atomic E-state index is -0.216. The standard InChI is InChI=1S/C21H25N5O2/c1-14(2)12-26-15(13-25-10-6-9-18(25)21(26)28)11-22-20(27)19-16-7-4-5-8-17(16)24(3)23-19/h4-10,14-15H,11-13H2,1-3H3,(H,22,27). The minimum Gasteiger partial charge on any atom is -0.348 e. The van der Waals surface area contributed by atoms with Gasteiger partial charge in [-0.15, -0.1) is 0 Å². The second-order valence-electron chi connectivity index (χ2n) is 7.75. The van der Waals surface area contributed by atoms with Gasteiger partial charge in [0.2, 0.25) is 0 Å². The summed E-state index contributed by atoms with van der Waals surface area (Å²) in [5.41, 5.74) is 2.04. The first kappa shape index (κ1) is 18.3. The normalized spacial score (nSPS) is 16.6. The summed E-state index contributed by atoms with van der Waals surface area (Å²) in [5, 5.41) is 8.21. The summed E-state index contributed by atoms with van der Waals surface area (Å²) in [7, 11) is 1.83. The topological polar surface area (TPSA) is 72.2 Å². The molecule has 146 valence electrons. The minimum absolute atomic E-state index is 0.0208. The van der Waals surface area contributed by atoms with Crippen molar-refractivity contribution >= 4 is 22.7 Å². The molecule has 1 aliphatic rings. The fourth-order valence-electron chi connectivity index (χ4n) is 3.88. The second-order valence-corrected chi connectivity index (χ2v) is 7.75. The zero-order chi connectivity index (χ0) is 19.8. The van der Waals surface area contributed by atoms with Gasteiger partial charge < -0.3 is 14.8 Å². The van der Waals surface area contributed by atoms with Crippen LogP contribution < -0.4 is 5.32 Å². The van der Waals surface area contributed by atoms with Crippen LogP contribution >= 0.6 is 0 Å². The number of hydrogen-bond acceptors (Lipinski definition) is 3. The SMILES string of the molecule is CC(C)CN1C(=O)c2cccn2CC1CNC(=O)c1nn(C)c2ccccc12. The number of rotatable bonds is 5. The average Bonchev–Trinajstić information content (AvgIpc) is 3.27. The zero-order valence-corrected chi connectivity index (χ0v) is 16.4. The average molecular weight is 379 g/mol. The summed E-state index contributed by atoms with van der Waals surface area (Å²) < 4.78 is 3.68. The highest BCUT2D eigenvalue weighted by Crippen LogP contribution is 2.20. The third-order valence-electron chi connectivity index (χ3n) is 5.19. The fraction of sp³-hybridized carbons (Fsp3) is 0.381. The molecule has 7 heteroatoms. The van der Waals surface area contributed by atoms with Gasteiger partial charge in [0.25, 0.3) is 11.8 Å². The van der Waals surface area contributed by atoms with Crippen molar-refractivity contribution in [1.82, 2.24) is 24.6 Å². The number of carbonyl (C=O) groups excluding carboxylic acids is 2. The van der Waals surface area contributed by atoms with Gasteiger partial charge in [-0.3, -0.25) is 14.3 Å². The number of para-hydroxylation sites is 1. The lowest BCUT2D eigenvalue weighted by molar-refractivity contribution is 0.0553. The number of amides is 2. The summed E-state index contributed by atoms with van der Waals surface area (Å²) in [6.07, 6.45) is 1.92. The van der Waals surface area contributed by atoms with E-state index in [1.165, 1.54) is 0 Å². The van der Waals surface area contributed by atoms with E-state index in [1.54, 1.807) is 4.68 Å². The molecule has 2 amide bonds. The Bertz CT molecular complexity index is 1030. The van der Waals surface area contributed by atoms with Gasteiger partial charge in [0, 0.05) is 38.3 Å². The molecule has 2 aromatic heterocycles. The number of hydrogen-bond donors (Lipinski definition) is 1. The van der Waals surface area contributed by atoms with Gasteiger partial charge in [0.05, 0.1) is 11.6 Å². The predicted molar refractivity (Wildman–Crippen MR) is 107 cm³/mol. The molecule has 0 bridgehead atoms. The Kier molecular flexibility index (Phi) is 4.66. The number of fused-ring (bicyclic) bond motifs is 2. The molecule has 0 radical (unpaired) electrons. The van der Waals surface area contributed by atoms with Crippen LogP contribution in [0.5, 0.6) is 0 Å². The summed E-state index contributed by atoms with van der Waals surface area (Å²) in [6.45, 7) is 5.91. The van der Waals surface area contributed by atoms with E-state index in [0.717, 1.165) is 10.9 Å². The maximum atomic E-state index is 12.9. The molecule has 0 aliphatic carbocycles. The molecule has 1 unspecified atom stereocenters. The number of aromatic nitrogens is 3. The van der Waals surface area contributed by atoms with Gasteiger partial charge >= 0.3 is 0 Å². The molecule has 1 N–H and O–H groups in total. The Morgan fingerprint density at radius 2 is 2.04 bits per heavy atom. The smallest absolute Gasteiger partial charge is 0.272 e. The second kappa shape index (κ2) is 7.14. The van der Waals surface area contributed by atoms with Crippen molar-refractivity contribution in [2.24, 2.45) is 13.0 Å². The van der Waals surface area contributed by atoms with Gasteiger partial charge in [-0.2, -0.15) is 5.10 Å². The number of aryl methyl sites for hydroxylation is 1. The number of benzene rings is 1. The van der Waals surface area contributed by atoms with E-state index in [0.29, 0.717) is 36.9 Å². The first-order valence-corrected chi connectivity index (χ1v) is 9.61. The monoisotopic (exact) mass is 379 g/mol. The molecule has 1 aromatic carbocycles. The van der Waals surface area contributed by atoms with Crippen molar-refractivity contribution in [3.05, 3.63) is 54.0 Å². The molecular weight excluding hydrogens is 354 g/mol. The molecule has 1 aliphatic heterocycles. The van der Waals surface area contributed by atoms with Crippen molar-refractivity contribution in [3.8, 4) is 0 Å². The Hall–Kier alpha value is -3.09. The lowest BCUT2D eigenvalue weighted by Gasteiger charge is -2.37. The van der Waals surface area contributed by atoms with Crippen LogP contribution in [0.15, 0.2) is 42.6 Å². The highest BCUT2D eigenvalue weighted by Gasteiger charge is 2.32. The van der Waals surface area contributed by atoms with Crippen LogP contribution in [0.1, 0.15) is 34.8 Å². The number of nitrogens with one attached hydrogen (secondary N) is 1. The van der Waals surface area contributed by atoms with Gasteiger partial charge in [-0.1, -0.05) is 32.0 Å². The van der Waals surface area contributed by atoms with Crippen molar-refractivity contribution in [1.29, 1.82) is 0 Å². The van der Waals surface area contributed by atoms with Crippen molar-refractivity contribution < 1.29 is 9.59 Å². The van der Waals surface area contributed by atoms with Crippen LogP contribution in [0.4, 0.5) is 0 Å². The number of nitrogens with zero attached hydrogens (tertiary/aromatic N) is 4. The van der Waals surface area contributed by atoms with Crippen LogP contribution in [0.2, 0.25) is 0 Å². The van der Waals surface area contributed by atoms with Crippen molar-refractivity contribution in [3.63, 3.8) is 0 Å². The number of carbonyl (C=O) groups is 2. The van der Waals surface area contributed by atoms with E-state index in [-0.39, 0.29) is 17.9 Å². The molecule has 0 saturated heterocycles. The van der Waals surface area contributed by atoms with E-state index >= 15 is 0 Å². The van der Waals surface area contributed by atoms with Gasteiger partial charge in [-0.25, -0.2) is 0 Å². The molecule has 0 fully saturated rings. The van der Waals surface area contributed by atoms with Gasteiger partial charge in [-0.05, 0) is 24.1 Å². The van der Waals surface area contributed by atoms with Gasteiger partial charge in [0.15, 0.2) is 5.69 Å². The molecule has 1 atom stereocenters. The van der Waals surface area contributed by atoms with E-state index in [9.17, 15) is 9.59 Å². The molecular formula is C21H25N5O2. The Morgan fingerprint density at radius 3 is 2.82 bits per heavy atom. The van der Waals surface area contributed by atoms with Crippen LogP contribution in [0, 0.1) is 5.92 Å². The third-order valence-corrected chi connectivity index (χ3v) is 5.19.